The summed E-state index contributed by atoms with van der Waals surface area (Å²) in [7, 11) is -2.79. The number of methoxy groups -OCH3 is 1. The van der Waals surface area contributed by atoms with Crippen LogP contribution in [0.4, 0.5) is 4.79 Å². The Balaban J connectivity index is 3.99. The molecule has 1 atom stereocenters. The van der Waals surface area contributed by atoms with E-state index < -0.39 is 16.3 Å². The number of hydrogen-bond acceptors (Lipinski definition) is 4. The fraction of sp³-hybridized carbons (Fsp3) is 0.857. The van der Waals surface area contributed by atoms with Gasteiger partial charge < -0.3 is 4.74 Å². The lowest BCUT2D eigenvalue weighted by atomic mass is 10.2. The average Bonchev–Trinajstić information content (AvgIpc) is 2.15. The Bertz CT molecular complexity index is 293. The van der Waals surface area contributed by atoms with Gasteiger partial charge in [0.1, 0.15) is 0 Å². The maximum atomic E-state index is 11.1. The van der Waals surface area contributed by atoms with E-state index in [1.807, 2.05) is 6.92 Å². The van der Waals surface area contributed by atoms with Gasteiger partial charge in [-0.2, -0.15) is 13.1 Å². The van der Waals surface area contributed by atoms with Crippen LogP contribution >= 0.6 is 11.6 Å². The quantitative estimate of drug-likeness (QED) is 0.683. The third-order valence-corrected chi connectivity index (χ3v) is 2.85. The summed E-state index contributed by atoms with van der Waals surface area (Å²) in [6.45, 7) is 2.01. The molecule has 0 bridgehead atoms. The minimum Gasteiger partial charge on any atom is -0.452 e. The minimum absolute atomic E-state index is 0.0712. The van der Waals surface area contributed by atoms with Crippen LogP contribution in [0.1, 0.15) is 19.8 Å². The van der Waals surface area contributed by atoms with Crippen LogP contribution in [-0.4, -0.2) is 33.5 Å². The Morgan fingerprint density at radius 1 is 1.53 bits per heavy atom. The maximum absolute atomic E-state index is 11.1. The summed E-state index contributed by atoms with van der Waals surface area (Å²) in [6.07, 6.45) is 0.520. The predicted molar refractivity (Wildman–Crippen MR) is 57.0 cm³/mol. The zero-order chi connectivity index (χ0) is 11.9. The first-order valence-corrected chi connectivity index (χ1v) is 6.32. The molecule has 8 heteroatoms. The molecule has 0 rings (SSSR count). The summed E-state index contributed by atoms with van der Waals surface area (Å²) in [5, 5.41) is -0.288. The number of halogens is 1. The lowest BCUT2D eigenvalue weighted by Gasteiger charge is -2.10. The van der Waals surface area contributed by atoms with Crippen molar-refractivity contribution in [3.05, 3.63) is 0 Å². The van der Waals surface area contributed by atoms with Crippen molar-refractivity contribution in [2.24, 2.45) is 0 Å². The van der Waals surface area contributed by atoms with Crippen molar-refractivity contribution in [1.82, 2.24) is 9.44 Å². The lowest BCUT2D eigenvalue weighted by molar-refractivity contribution is 0.177. The highest BCUT2D eigenvalue weighted by atomic mass is 35.5. The molecular weight excluding hydrogens is 244 g/mol. The number of hydrogen-bond donors (Lipinski definition) is 2. The summed E-state index contributed by atoms with van der Waals surface area (Å²) >= 11 is 5.79. The van der Waals surface area contributed by atoms with Crippen molar-refractivity contribution in [2.75, 3.05) is 13.7 Å². The summed E-state index contributed by atoms with van der Waals surface area (Å²) in [5.41, 5.74) is 0. The highest BCUT2D eigenvalue weighted by Gasteiger charge is 2.15. The molecule has 90 valence electrons. The van der Waals surface area contributed by atoms with E-state index in [4.69, 9.17) is 11.6 Å². The molecule has 0 aliphatic rings. The van der Waals surface area contributed by atoms with Crippen LogP contribution in [0.15, 0.2) is 0 Å². The molecule has 0 saturated heterocycles. The number of alkyl halides is 1. The fourth-order valence-corrected chi connectivity index (χ4v) is 1.99. The first-order valence-electron chi connectivity index (χ1n) is 4.40. The SMILES string of the molecule is CCCC(Cl)CNS(=O)(=O)NC(=O)OC. The van der Waals surface area contributed by atoms with Crippen molar-refractivity contribution in [2.45, 2.75) is 25.1 Å². The third-order valence-electron chi connectivity index (χ3n) is 1.50. The molecule has 0 aromatic carbocycles. The molecule has 6 nitrogen and oxygen atoms in total. The Morgan fingerprint density at radius 3 is 2.60 bits per heavy atom. The van der Waals surface area contributed by atoms with Crippen molar-refractivity contribution < 1.29 is 17.9 Å². The smallest absolute Gasteiger partial charge is 0.421 e. The second-order valence-electron chi connectivity index (χ2n) is 2.83. The molecule has 0 aliphatic carbocycles. The molecule has 0 heterocycles. The number of ether oxygens (including phenoxy) is 1. The first-order chi connectivity index (χ1) is 6.91. The topological polar surface area (TPSA) is 84.5 Å². The van der Waals surface area contributed by atoms with Gasteiger partial charge in [-0.05, 0) is 6.42 Å². The van der Waals surface area contributed by atoms with Crippen molar-refractivity contribution in [3.63, 3.8) is 0 Å². The molecule has 0 spiro atoms. The number of carbonyl (C=O) groups excluding carboxylic acids is 1. The fourth-order valence-electron chi connectivity index (χ4n) is 0.803. The predicted octanol–water partition coefficient (Wildman–Crippen LogP) is 0.584. The summed E-state index contributed by atoms with van der Waals surface area (Å²) < 4.78 is 30.2. The Kier molecular flexibility index (Phi) is 6.62. The van der Waals surface area contributed by atoms with Crippen LogP contribution in [0.5, 0.6) is 0 Å². The average molecular weight is 259 g/mol. The number of amides is 1. The Morgan fingerprint density at radius 2 is 2.13 bits per heavy atom. The zero-order valence-corrected chi connectivity index (χ0v) is 10.2. The van der Waals surface area contributed by atoms with Crippen molar-refractivity contribution in [1.29, 1.82) is 0 Å². The largest absolute Gasteiger partial charge is 0.452 e. The molecule has 0 aromatic rings. The minimum atomic E-state index is -3.87. The van der Waals surface area contributed by atoms with Gasteiger partial charge in [-0.15, -0.1) is 11.6 Å². The Hall–Kier alpha value is -0.530. The van der Waals surface area contributed by atoms with E-state index in [1.165, 1.54) is 0 Å². The molecule has 15 heavy (non-hydrogen) atoms. The molecular formula is C7H15ClN2O4S. The van der Waals surface area contributed by atoms with Crippen molar-refractivity contribution >= 4 is 27.9 Å². The molecule has 0 aromatic heterocycles. The number of nitrogens with one attached hydrogen (secondary N) is 2. The molecule has 2 N–H and O–H groups in total. The maximum Gasteiger partial charge on any atom is 0.421 e. The second kappa shape index (κ2) is 6.86. The van der Waals surface area contributed by atoms with E-state index in [9.17, 15) is 13.2 Å². The summed E-state index contributed by atoms with van der Waals surface area (Å²) in [4.78, 5) is 10.6. The van der Waals surface area contributed by atoms with Crippen LogP contribution in [0.3, 0.4) is 0 Å². The van der Waals surface area contributed by atoms with Gasteiger partial charge in [0.05, 0.1) is 7.11 Å². The second-order valence-corrected chi connectivity index (χ2v) is 4.95. The summed E-state index contributed by atoms with van der Waals surface area (Å²) in [6, 6.07) is 0. The van der Waals surface area contributed by atoms with E-state index in [0.29, 0.717) is 6.42 Å². The van der Waals surface area contributed by atoms with E-state index in [-0.39, 0.29) is 11.9 Å². The van der Waals surface area contributed by atoms with Crippen LogP contribution in [0.2, 0.25) is 0 Å². The first kappa shape index (κ1) is 14.5. The van der Waals surface area contributed by atoms with E-state index in [2.05, 4.69) is 9.46 Å². The van der Waals surface area contributed by atoms with E-state index in [0.717, 1.165) is 13.5 Å². The normalized spacial score (nSPS) is 13.3. The van der Waals surface area contributed by atoms with Gasteiger partial charge in [0.2, 0.25) is 0 Å². The van der Waals surface area contributed by atoms with Gasteiger partial charge in [-0.25, -0.2) is 9.52 Å². The molecule has 1 amide bonds. The highest BCUT2D eigenvalue weighted by Crippen LogP contribution is 2.03. The zero-order valence-electron chi connectivity index (χ0n) is 8.62. The van der Waals surface area contributed by atoms with E-state index >= 15 is 0 Å². The lowest BCUT2D eigenvalue weighted by Crippen LogP contribution is -2.42. The van der Waals surface area contributed by atoms with Crippen LogP contribution in [-0.2, 0) is 14.9 Å². The van der Waals surface area contributed by atoms with Crippen LogP contribution < -0.4 is 9.44 Å². The molecule has 0 saturated carbocycles. The summed E-state index contributed by atoms with van der Waals surface area (Å²) in [5.74, 6) is 0. The molecule has 0 aliphatic heterocycles. The van der Waals surface area contributed by atoms with Crippen LogP contribution in [0.25, 0.3) is 0 Å². The Labute approximate surface area is 94.5 Å². The van der Waals surface area contributed by atoms with Gasteiger partial charge in [0, 0.05) is 11.9 Å². The van der Waals surface area contributed by atoms with Gasteiger partial charge in [-0.3, -0.25) is 0 Å². The molecule has 1 unspecified atom stereocenters. The van der Waals surface area contributed by atoms with Gasteiger partial charge in [0.25, 0.3) is 0 Å². The van der Waals surface area contributed by atoms with Gasteiger partial charge in [0.15, 0.2) is 0 Å². The molecule has 0 radical (unpaired) electrons. The molecule has 0 fully saturated rings. The number of rotatable bonds is 6. The van der Waals surface area contributed by atoms with Gasteiger partial charge in [-0.1, -0.05) is 13.3 Å². The van der Waals surface area contributed by atoms with Crippen molar-refractivity contribution in [3.8, 4) is 0 Å². The monoisotopic (exact) mass is 258 g/mol. The van der Waals surface area contributed by atoms with E-state index in [1.54, 1.807) is 4.72 Å². The highest BCUT2D eigenvalue weighted by molar-refractivity contribution is 7.88. The van der Waals surface area contributed by atoms with Gasteiger partial charge >= 0.3 is 16.3 Å². The van der Waals surface area contributed by atoms with Crippen LogP contribution in [0, 0.1) is 0 Å². The third kappa shape index (κ3) is 7.40. The number of carbonyl (C=O) groups is 1. The standard InChI is InChI=1S/C7H15ClN2O4S/c1-3-4-6(8)5-9-15(12,13)10-7(11)14-2/h6,9H,3-5H2,1-2H3,(H,10,11).